The van der Waals surface area contributed by atoms with Crippen molar-refractivity contribution in [3.05, 3.63) is 59.7 Å². The summed E-state index contributed by atoms with van der Waals surface area (Å²) in [7, 11) is 3.20. The summed E-state index contributed by atoms with van der Waals surface area (Å²) in [6, 6.07) is 10.6. The quantitative estimate of drug-likeness (QED) is 0.458. The van der Waals surface area contributed by atoms with Crippen LogP contribution in [-0.2, 0) is 6.54 Å². The summed E-state index contributed by atoms with van der Waals surface area (Å²) in [5.74, 6) is 1.02. The van der Waals surface area contributed by atoms with Gasteiger partial charge in [0.15, 0.2) is 5.96 Å². The largest absolute Gasteiger partial charge is 0.497 e. The molecule has 2 rings (SSSR count). The topological polar surface area (TPSA) is 54.9 Å². The van der Waals surface area contributed by atoms with Crippen LogP contribution in [-0.4, -0.2) is 33.3 Å². The van der Waals surface area contributed by atoms with E-state index in [1.807, 2.05) is 24.3 Å². The van der Waals surface area contributed by atoms with Gasteiger partial charge in [-0.05, 0) is 42.5 Å². The van der Waals surface area contributed by atoms with Crippen LogP contribution >= 0.6 is 0 Å². The van der Waals surface area contributed by atoms with E-state index >= 15 is 0 Å². The van der Waals surface area contributed by atoms with E-state index in [2.05, 4.69) is 15.6 Å². The van der Waals surface area contributed by atoms with E-state index in [9.17, 15) is 8.78 Å². The van der Waals surface area contributed by atoms with Crippen LogP contribution in [0.15, 0.2) is 47.5 Å². The maximum atomic E-state index is 13.6. The van der Waals surface area contributed by atoms with Crippen molar-refractivity contribution in [1.29, 1.82) is 0 Å². The predicted molar refractivity (Wildman–Crippen MR) is 93.0 cm³/mol. The second kappa shape index (κ2) is 9.46. The zero-order valence-electron chi connectivity index (χ0n) is 14.2. The molecule has 0 bridgehead atoms. The van der Waals surface area contributed by atoms with Gasteiger partial charge in [-0.1, -0.05) is 0 Å². The molecule has 2 aromatic rings. The number of nitrogens with zero attached hydrogens (tertiary/aromatic N) is 1. The fourth-order valence-electron chi connectivity index (χ4n) is 2.09. The number of hydrogen-bond donors (Lipinski definition) is 2. The normalized spacial score (nSPS) is 11.1. The number of halogens is 2. The SMILES string of the molecule is CN=C(NCCOc1ccc(OC)cc1)NCc1cc(F)ccc1F. The van der Waals surface area contributed by atoms with E-state index in [1.54, 1.807) is 14.2 Å². The maximum Gasteiger partial charge on any atom is 0.191 e. The van der Waals surface area contributed by atoms with Crippen molar-refractivity contribution in [2.75, 3.05) is 27.3 Å². The van der Waals surface area contributed by atoms with Gasteiger partial charge >= 0.3 is 0 Å². The minimum Gasteiger partial charge on any atom is -0.497 e. The molecule has 7 heteroatoms. The van der Waals surface area contributed by atoms with Gasteiger partial charge in [-0.3, -0.25) is 4.99 Å². The number of rotatable bonds is 7. The van der Waals surface area contributed by atoms with Crippen LogP contribution in [0.5, 0.6) is 11.5 Å². The molecular formula is C18H21F2N3O2. The first kappa shape index (κ1) is 18.5. The molecule has 2 N–H and O–H groups in total. The molecule has 5 nitrogen and oxygen atoms in total. The zero-order valence-corrected chi connectivity index (χ0v) is 14.2. The molecule has 134 valence electrons. The number of guanidine groups is 1. The van der Waals surface area contributed by atoms with Gasteiger partial charge in [-0.2, -0.15) is 0 Å². The average molecular weight is 349 g/mol. The van der Waals surface area contributed by atoms with Crippen molar-refractivity contribution in [1.82, 2.24) is 10.6 Å². The van der Waals surface area contributed by atoms with Gasteiger partial charge in [0.25, 0.3) is 0 Å². The second-order valence-corrected chi connectivity index (χ2v) is 5.11. The third-order valence-electron chi connectivity index (χ3n) is 3.40. The summed E-state index contributed by atoms with van der Waals surface area (Å²) in [6.07, 6.45) is 0. The molecule has 0 spiro atoms. The zero-order chi connectivity index (χ0) is 18.1. The minimum atomic E-state index is -0.478. The number of ether oxygens (including phenoxy) is 2. The number of hydrogen-bond acceptors (Lipinski definition) is 3. The predicted octanol–water partition coefficient (Wildman–Crippen LogP) is 2.72. The van der Waals surface area contributed by atoms with Gasteiger partial charge in [0.1, 0.15) is 29.7 Å². The van der Waals surface area contributed by atoms with Crippen LogP contribution < -0.4 is 20.1 Å². The second-order valence-electron chi connectivity index (χ2n) is 5.11. The van der Waals surface area contributed by atoms with Crippen molar-refractivity contribution < 1.29 is 18.3 Å². The Morgan fingerprint density at radius 2 is 1.76 bits per heavy atom. The number of nitrogens with one attached hydrogen (secondary N) is 2. The van der Waals surface area contributed by atoms with E-state index in [0.717, 1.165) is 29.7 Å². The van der Waals surface area contributed by atoms with Gasteiger partial charge in [0, 0.05) is 19.2 Å². The summed E-state index contributed by atoms with van der Waals surface area (Å²) < 4.78 is 37.4. The van der Waals surface area contributed by atoms with Gasteiger partial charge in [0.2, 0.25) is 0 Å². The summed E-state index contributed by atoms with van der Waals surface area (Å²) in [5, 5.41) is 5.97. The van der Waals surface area contributed by atoms with E-state index in [1.165, 1.54) is 0 Å². The third-order valence-corrected chi connectivity index (χ3v) is 3.40. The molecule has 0 heterocycles. The van der Waals surface area contributed by atoms with Crippen molar-refractivity contribution >= 4 is 5.96 Å². The first-order chi connectivity index (χ1) is 12.1. The van der Waals surface area contributed by atoms with E-state index < -0.39 is 11.6 Å². The molecule has 0 amide bonds. The van der Waals surface area contributed by atoms with E-state index in [-0.39, 0.29) is 12.1 Å². The summed E-state index contributed by atoms with van der Waals surface area (Å²) in [4.78, 5) is 4.03. The van der Waals surface area contributed by atoms with Crippen molar-refractivity contribution in [3.8, 4) is 11.5 Å². The molecule has 0 saturated carbocycles. The van der Waals surface area contributed by atoms with Crippen LogP contribution in [0.1, 0.15) is 5.56 Å². The highest BCUT2D eigenvalue weighted by atomic mass is 19.1. The van der Waals surface area contributed by atoms with Gasteiger partial charge < -0.3 is 20.1 Å². The highest BCUT2D eigenvalue weighted by Gasteiger charge is 2.05. The maximum absolute atomic E-state index is 13.6. The molecule has 0 aliphatic carbocycles. The summed E-state index contributed by atoms with van der Waals surface area (Å²) in [6.45, 7) is 1.04. The Kier molecular flexibility index (Phi) is 7.00. The lowest BCUT2D eigenvalue weighted by Gasteiger charge is -2.13. The van der Waals surface area contributed by atoms with Crippen LogP contribution in [0.25, 0.3) is 0 Å². The van der Waals surface area contributed by atoms with Crippen molar-refractivity contribution in [2.24, 2.45) is 4.99 Å². The molecule has 0 saturated heterocycles. The lowest BCUT2D eigenvalue weighted by atomic mass is 10.2. The Morgan fingerprint density at radius 3 is 2.44 bits per heavy atom. The van der Waals surface area contributed by atoms with Crippen molar-refractivity contribution in [3.63, 3.8) is 0 Å². The Bertz CT molecular complexity index is 706. The summed E-state index contributed by atoms with van der Waals surface area (Å²) in [5.41, 5.74) is 0.234. The van der Waals surface area contributed by atoms with Crippen molar-refractivity contribution in [2.45, 2.75) is 6.54 Å². The Morgan fingerprint density at radius 1 is 1.04 bits per heavy atom. The molecule has 0 fully saturated rings. The fourth-order valence-corrected chi connectivity index (χ4v) is 2.09. The van der Waals surface area contributed by atoms with E-state index in [0.29, 0.717) is 19.1 Å². The van der Waals surface area contributed by atoms with Gasteiger partial charge in [-0.25, -0.2) is 8.78 Å². The van der Waals surface area contributed by atoms with Crippen LogP contribution in [0.2, 0.25) is 0 Å². The van der Waals surface area contributed by atoms with E-state index in [4.69, 9.17) is 9.47 Å². The molecule has 0 aliphatic heterocycles. The monoisotopic (exact) mass is 349 g/mol. The molecule has 2 aromatic carbocycles. The highest BCUT2D eigenvalue weighted by molar-refractivity contribution is 5.79. The Balaban J connectivity index is 1.73. The standard InChI is InChI=1S/C18H21F2N3O2/c1-21-18(23-12-13-11-14(19)3-8-17(13)20)22-9-10-25-16-6-4-15(24-2)5-7-16/h3-8,11H,9-10,12H2,1-2H3,(H2,21,22,23). The lowest BCUT2D eigenvalue weighted by molar-refractivity contribution is 0.321. The molecular weight excluding hydrogens is 328 g/mol. The molecule has 0 atom stereocenters. The molecule has 25 heavy (non-hydrogen) atoms. The van der Waals surface area contributed by atoms with Gasteiger partial charge in [-0.15, -0.1) is 0 Å². The van der Waals surface area contributed by atoms with Gasteiger partial charge in [0.05, 0.1) is 13.7 Å². The molecule has 0 aromatic heterocycles. The number of methoxy groups -OCH3 is 1. The molecule has 0 aliphatic rings. The van der Waals surface area contributed by atoms with Crippen LogP contribution in [0, 0.1) is 11.6 Å². The molecule has 0 radical (unpaired) electrons. The number of aliphatic imine (C=N–C) groups is 1. The minimum absolute atomic E-state index is 0.128. The Hall–Kier alpha value is -2.83. The fraction of sp³-hybridized carbons (Fsp3) is 0.278. The highest BCUT2D eigenvalue weighted by Crippen LogP contribution is 2.16. The first-order valence-corrected chi connectivity index (χ1v) is 7.77. The Labute approximate surface area is 145 Å². The third kappa shape index (κ3) is 5.95. The lowest BCUT2D eigenvalue weighted by Crippen LogP contribution is -2.39. The average Bonchev–Trinajstić information content (AvgIpc) is 2.64. The van der Waals surface area contributed by atoms with Crippen LogP contribution in [0.3, 0.4) is 0 Å². The smallest absolute Gasteiger partial charge is 0.191 e. The molecule has 0 unspecified atom stereocenters. The first-order valence-electron chi connectivity index (χ1n) is 7.77. The van der Waals surface area contributed by atoms with Crippen LogP contribution in [0.4, 0.5) is 8.78 Å². The summed E-state index contributed by atoms with van der Waals surface area (Å²) >= 11 is 0. The number of benzene rings is 2.